The van der Waals surface area contributed by atoms with Gasteiger partial charge in [-0.1, -0.05) is 18.6 Å². The maximum absolute atomic E-state index is 12.6. The van der Waals surface area contributed by atoms with Crippen LogP contribution >= 0.6 is 0 Å². The lowest BCUT2D eigenvalue weighted by atomic mass is 10.0. The molecule has 7 nitrogen and oxygen atoms in total. The third kappa shape index (κ3) is 4.78. The van der Waals surface area contributed by atoms with Gasteiger partial charge in [0.2, 0.25) is 0 Å². The van der Waals surface area contributed by atoms with Crippen LogP contribution in [0, 0.1) is 6.92 Å². The van der Waals surface area contributed by atoms with Gasteiger partial charge in [0.1, 0.15) is 6.61 Å². The number of fused-ring (bicyclic) bond motifs is 1. The first-order chi connectivity index (χ1) is 16.2. The predicted molar refractivity (Wildman–Crippen MR) is 128 cm³/mol. The Morgan fingerprint density at radius 1 is 1.09 bits per heavy atom. The Balaban J connectivity index is 1.35. The van der Waals surface area contributed by atoms with Crippen LogP contribution in [0.3, 0.4) is 0 Å². The van der Waals surface area contributed by atoms with Crippen molar-refractivity contribution in [1.82, 2.24) is 24.8 Å². The van der Waals surface area contributed by atoms with Gasteiger partial charge in [-0.05, 0) is 63.2 Å². The first kappa shape index (κ1) is 21.3. The predicted octanol–water partition coefficient (Wildman–Crippen LogP) is 4.64. The maximum Gasteiger partial charge on any atom is 0.339 e. The van der Waals surface area contributed by atoms with E-state index < -0.39 is 0 Å². The number of carbonyl (C=O) groups is 1. The number of ether oxygens (including phenoxy) is 1. The summed E-state index contributed by atoms with van der Waals surface area (Å²) in [4.78, 5) is 31.8. The van der Waals surface area contributed by atoms with Crippen LogP contribution in [0.2, 0.25) is 0 Å². The number of nitrogens with zero attached hydrogens (tertiary/aromatic N) is 4. The largest absolute Gasteiger partial charge is 0.461 e. The van der Waals surface area contributed by atoms with Crippen molar-refractivity contribution in [3.8, 4) is 22.6 Å². The van der Waals surface area contributed by atoms with Gasteiger partial charge in [-0.3, -0.25) is 14.9 Å². The normalized spacial score (nSPS) is 14.5. The first-order valence-corrected chi connectivity index (χ1v) is 11.4. The van der Waals surface area contributed by atoms with Crippen molar-refractivity contribution in [2.24, 2.45) is 0 Å². The molecule has 4 aromatic rings. The van der Waals surface area contributed by atoms with E-state index >= 15 is 0 Å². The van der Waals surface area contributed by atoms with Gasteiger partial charge in [0.15, 0.2) is 0 Å². The van der Waals surface area contributed by atoms with E-state index in [2.05, 4.69) is 24.8 Å². The van der Waals surface area contributed by atoms with Gasteiger partial charge in [-0.15, -0.1) is 0 Å². The number of imidazole rings is 1. The number of H-pyrrole nitrogens is 1. The van der Waals surface area contributed by atoms with Crippen molar-refractivity contribution < 1.29 is 9.53 Å². The van der Waals surface area contributed by atoms with Gasteiger partial charge in [0.25, 0.3) is 0 Å². The minimum absolute atomic E-state index is 0.337. The fraction of sp³-hybridized carbons (Fsp3) is 0.308. The van der Waals surface area contributed by atoms with Gasteiger partial charge in [-0.2, -0.15) is 0 Å². The Labute approximate surface area is 192 Å². The Hall–Kier alpha value is -3.58. The van der Waals surface area contributed by atoms with E-state index in [-0.39, 0.29) is 5.97 Å². The molecule has 0 aliphatic carbocycles. The first-order valence-electron chi connectivity index (χ1n) is 11.4. The van der Waals surface area contributed by atoms with Crippen molar-refractivity contribution >= 4 is 16.9 Å². The molecule has 0 unspecified atom stereocenters. The third-order valence-corrected chi connectivity index (χ3v) is 6.06. The lowest BCUT2D eigenvalue weighted by Crippen LogP contribution is -2.33. The van der Waals surface area contributed by atoms with Crippen LogP contribution < -0.4 is 0 Å². The summed E-state index contributed by atoms with van der Waals surface area (Å²) in [6.07, 6.45) is 7.00. The molecule has 33 heavy (non-hydrogen) atoms. The van der Waals surface area contributed by atoms with Crippen LogP contribution in [0.15, 0.2) is 55.0 Å². The third-order valence-electron chi connectivity index (χ3n) is 6.06. The monoisotopic (exact) mass is 441 g/mol. The van der Waals surface area contributed by atoms with E-state index in [1.807, 2.05) is 49.4 Å². The molecule has 1 aliphatic rings. The zero-order valence-electron chi connectivity index (χ0n) is 18.8. The topological polar surface area (TPSA) is 84.0 Å². The van der Waals surface area contributed by atoms with Gasteiger partial charge >= 0.3 is 5.97 Å². The van der Waals surface area contributed by atoms with Crippen molar-refractivity contribution in [1.29, 1.82) is 0 Å². The molecule has 1 fully saturated rings. The van der Waals surface area contributed by atoms with Crippen molar-refractivity contribution in [2.45, 2.75) is 26.2 Å². The van der Waals surface area contributed by atoms with Crippen LogP contribution in [-0.4, -0.2) is 57.0 Å². The summed E-state index contributed by atoms with van der Waals surface area (Å²) >= 11 is 0. The van der Waals surface area contributed by atoms with Crippen LogP contribution in [0.5, 0.6) is 0 Å². The summed E-state index contributed by atoms with van der Waals surface area (Å²) in [5, 5.41) is 0.865. The molecule has 0 saturated carbocycles. The molecule has 0 atom stereocenters. The quantitative estimate of drug-likeness (QED) is 0.439. The summed E-state index contributed by atoms with van der Waals surface area (Å²) in [7, 11) is 0. The molecule has 1 aliphatic heterocycles. The number of hydrogen-bond donors (Lipinski definition) is 1. The van der Waals surface area contributed by atoms with E-state index in [9.17, 15) is 4.79 Å². The molecule has 168 valence electrons. The lowest BCUT2D eigenvalue weighted by Gasteiger charge is -2.25. The highest BCUT2D eigenvalue weighted by Gasteiger charge is 2.15. The fourth-order valence-electron chi connectivity index (χ4n) is 4.31. The van der Waals surface area contributed by atoms with Gasteiger partial charge in [0, 0.05) is 29.4 Å². The molecule has 1 saturated heterocycles. The highest BCUT2D eigenvalue weighted by atomic mass is 16.5. The van der Waals surface area contributed by atoms with Gasteiger partial charge in [-0.25, -0.2) is 9.78 Å². The molecule has 1 aromatic carbocycles. The average molecular weight is 442 g/mol. The van der Waals surface area contributed by atoms with E-state index in [1.54, 1.807) is 12.5 Å². The Bertz CT molecular complexity index is 1280. The molecule has 7 heteroatoms. The number of carbonyl (C=O) groups excluding carboxylic acids is 1. The van der Waals surface area contributed by atoms with E-state index in [4.69, 9.17) is 4.74 Å². The minimum Gasteiger partial charge on any atom is -0.461 e. The number of piperidine rings is 1. The molecule has 0 bridgehead atoms. The van der Waals surface area contributed by atoms with Crippen LogP contribution in [0.1, 0.15) is 35.3 Å². The second-order valence-electron chi connectivity index (χ2n) is 8.46. The molecule has 0 radical (unpaired) electrons. The molecular weight excluding hydrogens is 414 g/mol. The number of hydrogen-bond acceptors (Lipinski definition) is 6. The van der Waals surface area contributed by atoms with Gasteiger partial charge < -0.3 is 9.72 Å². The number of likely N-dealkylation sites (tertiary alicyclic amines) is 1. The van der Waals surface area contributed by atoms with Crippen LogP contribution in [0.4, 0.5) is 0 Å². The average Bonchev–Trinajstić information content (AvgIpc) is 3.34. The molecule has 4 heterocycles. The standard InChI is InChI=1S/C26H27N5O2/c1-18-6-5-7-23(30-18)25-24(28-17-29-25)19-8-9-22-20(14-19)15-21(16-27-22)26(32)33-13-12-31-10-3-2-4-11-31/h5-9,14-17H,2-4,10-13H2,1H3,(H,28,29). The smallest absolute Gasteiger partial charge is 0.339 e. The van der Waals surface area contributed by atoms with E-state index in [0.717, 1.165) is 58.9 Å². The number of benzene rings is 1. The van der Waals surface area contributed by atoms with Crippen molar-refractivity contribution in [3.05, 3.63) is 66.2 Å². The summed E-state index contributed by atoms with van der Waals surface area (Å²) in [5.74, 6) is -0.337. The zero-order chi connectivity index (χ0) is 22.6. The number of aromatic nitrogens is 4. The maximum atomic E-state index is 12.6. The fourth-order valence-corrected chi connectivity index (χ4v) is 4.31. The number of rotatable bonds is 6. The van der Waals surface area contributed by atoms with Gasteiger partial charge in [0.05, 0.1) is 34.5 Å². The second-order valence-corrected chi connectivity index (χ2v) is 8.46. The Morgan fingerprint density at radius 2 is 1.97 bits per heavy atom. The zero-order valence-corrected chi connectivity index (χ0v) is 18.8. The molecular formula is C26H27N5O2. The minimum atomic E-state index is -0.337. The number of nitrogens with one attached hydrogen (secondary N) is 1. The molecule has 0 spiro atoms. The van der Waals surface area contributed by atoms with Crippen molar-refractivity contribution in [2.75, 3.05) is 26.2 Å². The van der Waals surface area contributed by atoms with Crippen molar-refractivity contribution in [3.63, 3.8) is 0 Å². The second kappa shape index (κ2) is 9.50. The van der Waals surface area contributed by atoms with Crippen LogP contribution in [0.25, 0.3) is 33.5 Å². The Morgan fingerprint density at radius 3 is 2.82 bits per heavy atom. The SMILES string of the molecule is Cc1cccc(-c2[nH]cnc2-c2ccc3ncc(C(=O)OCCN4CCCCC4)cc3c2)n1. The summed E-state index contributed by atoms with van der Waals surface area (Å²) in [6, 6.07) is 13.7. The highest BCUT2D eigenvalue weighted by Crippen LogP contribution is 2.30. The number of aryl methyl sites for hydroxylation is 1. The summed E-state index contributed by atoms with van der Waals surface area (Å²) in [5.41, 5.74) is 5.66. The molecule has 3 aromatic heterocycles. The lowest BCUT2D eigenvalue weighted by molar-refractivity contribution is 0.0452. The Kier molecular flexibility index (Phi) is 6.13. The summed E-state index contributed by atoms with van der Waals surface area (Å²) < 4.78 is 5.52. The number of esters is 1. The van der Waals surface area contributed by atoms with Crippen LogP contribution in [-0.2, 0) is 4.74 Å². The highest BCUT2D eigenvalue weighted by molar-refractivity contribution is 5.95. The van der Waals surface area contributed by atoms with E-state index in [0.29, 0.717) is 12.2 Å². The molecule has 1 N–H and O–H groups in total. The number of pyridine rings is 2. The number of aromatic amines is 1. The van der Waals surface area contributed by atoms with E-state index in [1.165, 1.54) is 19.3 Å². The molecule has 0 amide bonds. The summed E-state index contributed by atoms with van der Waals surface area (Å²) in [6.45, 7) is 5.33. The molecule has 5 rings (SSSR count).